The van der Waals surface area contributed by atoms with Crippen molar-refractivity contribution in [2.24, 2.45) is 0 Å². The Bertz CT molecular complexity index is 553. The van der Waals surface area contributed by atoms with E-state index in [0.717, 1.165) is 27.9 Å². The van der Waals surface area contributed by atoms with Crippen LogP contribution in [0.5, 0.6) is 0 Å². The van der Waals surface area contributed by atoms with E-state index in [4.69, 9.17) is 0 Å². The van der Waals surface area contributed by atoms with Crippen molar-refractivity contribution in [3.05, 3.63) is 66.5 Å². The van der Waals surface area contributed by atoms with Crippen LogP contribution in [0.25, 0.3) is 23.3 Å². The molecule has 2 aromatic rings. The molecule has 0 aliphatic heterocycles. The third kappa shape index (κ3) is 2.04. The van der Waals surface area contributed by atoms with Crippen LogP contribution in [-0.2, 0) is 0 Å². The topological polar surface area (TPSA) is 12.9 Å². The smallest absolute Gasteiger partial charge is 0.0451 e. The van der Waals surface area contributed by atoms with E-state index in [2.05, 4.69) is 30.3 Å². The van der Waals surface area contributed by atoms with E-state index < -0.39 is 0 Å². The number of aromatic nitrogens is 1. The average Bonchev–Trinajstić information content (AvgIpc) is 2.39. The molecular weight excluding hydrogens is 206 g/mol. The fourth-order valence-electron chi connectivity index (χ4n) is 1.97. The molecule has 0 unspecified atom stereocenters. The molecule has 0 saturated carbocycles. The molecule has 17 heavy (non-hydrogen) atoms. The normalized spacial score (nSPS) is 9.94. The van der Waals surface area contributed by atoms with E-state index >= 15 is 0 Å². The summed E-state index contributed by atoms with van der Waals surface area (Å²) < 4.78 is 0. The minimum absolute atomic E-state index is 0.981. The zero-order valence-corrected chi connectivity index (χ0v) is 9.98. The van der Waals surface area contributed by atoms with Crippen LogP contribution in [0.3, 0.4) is 0 Å². The lowest BCUT2D eigenvalue weighted by Crippen LogP contribution is -1.94. The highest BCUT2D eigenvalue weighted by Crippen LogP contribution is 2.28. The van der Waals surface area contributed by atoms with Gasteiger partial charge in [-0.05, 0) is 18.1 Å². The average molecular weight is 221 g/mol. The second-order valence-corrected chi connectivity index (χ2v) is 3.86. The quantitative estimate of drug-likeness (QED) is 0.751. The van der Waals surface area contributed by atoms with E-state index in [0.29, 0.717) is 0 Å². The van der Waals surface area contributed by atoms with Crippen molar-refractivity contribution in [1.29, 1.82) is 0 Å². The number of hydrogen-bond donors (Lipinski definition) is 0. The summed E-state index contributed by atoms with van der Waals surface area (Å²) in [4.78, 5) is 4.42. The van der Waals surface area contributed by atoms with Crippen molar-refractivity contribution in [3.8, 4) is 11.1 Å². The molecule has 0 spiro atoms. The van der Waals surface area contributed by atoms with Gasteiger partial charge in [0.25, 0.3) is 0 Å². The third-order valence-electron chi connectivity index (χ3n) is 2.85. The minimum Gasteiger partial charge on any atom is -0.260 e. The monoisotopic (exact) mass is 221 g/mol. The fourth-order valence-corrected chi connectivity index (χ4v) is 1.97. The van der Waals surface area contributed by atoms with Gasteiger partial charge in [0, 0.05) is 23.0 Å². The molecule has 0 amide bonds. The predicted molar refractivity (Wildman–Crippen MR) is 74.6 cm³/mol. The number of benzene rings is 1. The number of pyridine rings is 1. The zero-order chi connectivity index (χ0) is 12.3. The summed E-state index contributed by atoms with van der Waals surface area (Å²) in [6.07, 6.45) is 5.61. The zero-order valence-electron chi connectivity index (χ0n) is 9.98. The molecule has 1 aromatic heterocycles. The van der Waals surface area contributed by atoms with Crippen LogP contribution in [0.2, 0.25) is 0 Å². The van der Waals surface area contributed by atoms with Crippen LogP contribution in [0.15, 0.2) is 49.7 Å². The van der Waals surface area contributed by atoms with Gasteiger partial charge in [-0.25, -0.2) is 0 Å². The van der Waals surface area contributed by atoms with Gasteiger partial charge in [0.2, 0.25) is 0 Å². The second kappa shape index (κ2) is 4.79. The summed E-state index contributed by atoms with van der Waals surface area (Å²) in [7, 11) is 0. The van der Waals surface area contributed by atoms with E-state index in [9.17, 15) is 0 Å². The van der Waals surface area contributed by atoms with Gasteiger partial charge in [0.15, 0.2) is 0 Å². The molecule has 84 valence electrons. The standard InChI is InChI=1S/C16H15N/c1-4-14-12(3)17-11-16(15(14)5-2)13-9-7-6-8-10-13/h4-11H,1-2H2,3H3. The highest BCUT2D eigenvalue weighted by molar-refractivity contribution is 5.80. The first kappa shape index (κ1) is 11.3. The Morgan fingerprint density at radius 2 is 1.65 bits per heavy atom. The molecular formula is C16H15N. The van der Waals surface area contributed by atoms with E-state index in [1.807, 2.05) is 43.5 Å². The molecule has 0 N–H and O–H groups in total. The summed E-state index contributed by atoms with van der Waals surface area (Å²) in [5.74, 6) is 0. The van der Waals surface area contributed by atoms with Crippen LogP contribution in [0.1, 0.15) is 16.8 Å². The van der Waals surface area contributed by atoms with E-state index in [1.165, 1.54) is 0 Å². The Morgan fingerprint density at radius 1 is 1.00 bits per heavy atom. The lowest BCUT2D eigenvalue weighted by Gasteiger charge is -2.11. The predicted octanol–water partition coefficient (Wildman–Crippen LogP) is 4.34. The summed E-state index contributed by atoms with van der Waals surface area (Å²) in [6, 6.07) is 10.2. The summed E-state index contributed by atoms with van der Waals surface area (Å²) >= 11 is 0. The number of aryl methyl sites for hydroxylation is 1. The van der Waals surface area contributed by atoms with Crippen molar-refractivity contribution < 1.29 is 0 Å². The van der Waals surface area contributed by atoms with Crippen molar-refractivity contribution in [2.75, 3.05) is 0 Å². The molecule has 1 nitrogen and oxygen atoms in total. The first-order valence-corrected chi connectivity index (χ1v) is 5.58. The largest absolute Gasteiger partial charge is 0.260 e. The third-order valence-corrected chi connectivity index (χ3v) is 2.85. The van der Waals surface area contributed by atoms with Crippen LogP contribution >= 0.6 is 0 Å². The van der Waals surface area contributed by atoms with Crippen LogP contribution < -0.4 is 0 Å². The lowest BCUT2D eigenvalue weighted by atomic mass is 9.96. The molecule has 0 saturated heterocycles. The van der Waals surface area contributed by atoms with Gasteiger partial charge < -0.3 is 0 Å². The molecule has 0 atom stereocenters. The van der Waals surface area contributed by atoms with Gasteiger partial charge in [0.1, 0.15) is 0 Å². The first-order chi connectivity index (χ1) is 8.27. The summed E-state index contributed by atoms with van der Waals surface area (Å²) in [5, 5.41) is 0. The molecule has 2 rings (SSSR count). The van der Waals surface area contributed by atoms with Gasteiger partial charge in [-0.3, -0.25) is 4.98 Å². The van der Waals surface area contributed by atoms with Crippen LogP contribution in [0, 0.1) is 6.92 Å². The lowest BCUT2D eigenvalue weighted by molar-refractivity contribution is 1.19. The maximum atomic E-state index is 4.42. The highest BCUT2D eigenvalue weighted by atomic mass is 14.7. The van der Waals surface area contributed by atoms with Crippen LogP contribution in [-0.4, -0.2) is 4.98 Å². The molecule has 0 aliphatic rings. The Morgan fingerprint density at radius 3 is 2.24 bits per heavy atom. The van der Waals surface area contributed by atoms with Crippen molar-refractivity contribution in [3.63, 3.8) is 0 Å². The van der Waals surface area contributed by atoms with Gasteiger partial charge in [-0.15, -0.1) is 0 Å². The Kier molecular flexibility index (Phi) is 3.20. The minimum atomic E-state index is 0.981. The molecule has 1 heterocycles. The van der Waals surface area contributed by atoms with Crippen LogP contribution in [0.4, 0.5) is 0 Å². The van der Waals surface area contributed by atoms with Gasteiger partial charge in [-0.2, -0.15) is 0 Å². The molecule has 1 heteroatoms. The highest BCUT2D eigenvalue weighted by Gasteiger charge is 2.08. The van der Waals surface area contributed by atoms with E-state index in [-0.39, 0.29) is 0 Å². The van der Waals surface area contributed by atoms with Crippen molar-refractivity contribution in [2.45, 2.75) is 6.92 Å². The maximum Gasteiger partial charge on any atom is 0.0451 e. The van der Waals surface area contributed by atoms with Gasteiger partial charge in [-0.1, -0.05) is 55.6 Å². The maximum absolute atomic E-state index is 4.42. The molecule has 0 fully saturated rings. The number of hydrogen-bond acceptors (Lipinski definition) is 1. The molecule has 1 aromatic carbocycles. The van der Waals surface area contributed by atoms with E-state index in [1.54, 1.807) is 0 Å². The SMILES string of the molecule is C=Cc1c(-c2ccccc2)cnc(C)c1C=C. The Labute approximate surface area is 102 Å². The van der Waals surface area contributed by atoms with Crippen molar-refractivity contribution in [1.82, 2.24) is 4.98 Å². The molecule has 0 aliphatic carbocycles. The van der Waals surface area contributed by atoms with Gasteiger partial charge in [0.05, 0.1) is 0 Å². The van der Waals surface area contributed by atoms with Crippen molar-refractivity contribution >= 4 is 12.2 Å². The Hall–Kier alpha value is -2.15. The van der Waals surface area contributed by atoms with Gasteiger partial charge >= 0.3 is 0 Å². The summed E-state index contributed by atoms with van der Waals surface area (Å²) in [5.41, 5.74) is 5.38. The number of rotatable bonds is 3. The fraction of sp³-hybridized carbons (Fsp3) is 0.0625. The molecule has 0 bridgehead atoms. The summed E-state index contributed by atoms with van der Waals surface area (Å²) in [6.45, 7) is 9.72. The first-order valence-electron chi connectivity index (χ1n) is 5.58. The molecule has 0 radical (unpaired) electrons. The number of nitrogens with zero attached hydrogens (tertiary/aromatic N) is 1. The Balaban J connectivity index is 2.71. The second-order valence-electron chi connectivity index (χ2n) is 3.86.